The van der Waals surface area contributed by atoms with E-state index >= 15 is 0 Å². The van der Waals surface area contributed by atoms with Crippen LogP contribution in [0, 0.1) is 10.1 Å². The van der Waals surface area contributed by atoms with E-state index in [1.165, 1.54) is 18.2 Å². The Morgan fingerprint density at radius 3 is 2.80 bits per heavy atom. The summed E-state index contributed by atoms with van der Waals surface area (Å²) < 4.78 is 6.14. The van der Waals surface area contributed by atoms with Gasteiger partial charge in [-0.2, -0.15) is 0 Å². The van der Waals surface area contributed by atoms with Crippen LogP contribution < -0.4 is 10.2 Å². The molecule has 0 bridgehead atoms. The monoisotopic (exact) mass is 346 g/mol. The van der Waals surface area contributed by atoms with Crippen LogP contribution in [0.5, 0.6) is 0 Å². The van der Waals surface area contributed by atoms with E-state index in [1.54, 1.807) is 12.3 Å². The smallest absolute Gasteiger partial charge is 0.310 e. The van der Waals surface area contributed by atoms with Crippen molar-refractivity contribution in [1.82, 2.24) is 10.3 Å². The molecule has 2 heterocycles. The predicted octanol–water partition coefficient (Wildman–Crippen LogP) is 3.37. The van der Waals surface area contributed by atoms with E-state index in [0.717, 1.165) is 38.2 Å². The lowest BCUT2D eigenvalue weighted by Crippen LogP contribution is -2.37. The third kappa shape index (κ3) is 4.21. The number of ether oxygens (including phenoxy) is 1. The second kappa shape index (κ2) is 6.90. The molecule has 7 heteroatoms. The third-order valence-electron chi connectivity index (χ3n) is 4.53. The van der Waals surface area contributed by atoms with Gasteiger partial charge in [-0.25, -0.2) is 0 Å². The highest BCUT2D eigenvalue weighted by atomic mass is 16.6. The number of allylic oxidation sites excluding steroid dienone is 1. The molecule has 1 aliphatic carbocycles. The lowest BCUT2D eigenvalue weighted by Gasteiger charge is -2.31. The van der Waals surface area contributed by atoms with Crippen LogP contribution in [0.2, 0.25) is 0 Å². The van der Waals surface area contributed by atoms with E-state index in [-0.39, 0.29) is 22.3 Å². The van der Waals surface area contributed by atoms with Crippen LogP contribution in [0.1, 0.15) is 46.5 Å². The van der Waals surface area contributed by atoms with E-state index in [9.17, 15) is 10.1 Å². The standard InChI is InChI=1S/C18H26N4O3/c1-18(2,3)25-17(13-5-4-6-13)20-14-8-10-21(12-14)15-7-9-19-11-16(15)22(23)24/h7,9,11,14,20H,4-6,8,10,12H2,1-3H3. The van der Waals surface area contributed by atoms with Crippen molar-refractivity contribution in [2.24, 2.45) is 0 Å². The number of hydrogen-bond acceptors (Lipinski definition) is 6. The van der Waals surface area contributed by atoms with Crippen LogP contribution in [0.4, 0.5) is 11.4 Å². The van der Waals surface area contributed by atoms with Crippen molar-refractivity contribution in [2.75, 3.05) is 18.0 Å². The third-order valence-corrected chi connectivity index (χ3v) is 4.53. The lowest BCUT2D eigenvalue weighted by atomic mass is 9.92. The zero-order valence-electron chi connectivity index (χ0n) is 15.1. The maximum absolute atomic E-state index is 11.2. The summed E-state index contributed by atoms with van der Waals surface area (Å²) in [7, 11) is 0. The Morgan fingerprint density at radius 2 is 2.20 bits per heavy atom. The van der Waals surface area contributed by atoms with E-state index in [1.807, 2.05) is 0 Å². The number of nitrogens with zero attached hydrogens (tertiary/aromatic N) is 3. The molecule has 1 aromatic rings. The molecule has 2 aliphatic rings. The minimum absolute atomic E-state index is 0.0617. The normalized spacial score (nSPS) is 20.2. The fourth-order valence-electron chi connectivity index (χ4n) is 3.16. The average molecular weight is 346 g/mol. The van der Waals surface area contributed by atoms with Crippen molar-refractivity contribution in [1.29, 1.82) is 0 Å². The summed E-state index contributed by atoms with van der Waals surface area (Å²) in [4.78, 5) is 16.8. The molecule has 0 aromatic carbocycles. The molecule has 0 amide bonds. The summed E-state index contributed by atoms with van der Waals surface area (Å²) in [6.45, 7) is 7.65. The Morgan fingerprint density at radius 1 is 1.44 bits per heavy atom. The van der Waals surface area contributed by atoms with Crippen molar-refractivity contribution in [3.63, 3.8) is 0 Å². The van der Waals surface area contributed by atoms with Crippen LogP contribution in [-0.4, -0.2) is 34.6 Å². The molecule has 1 aromatic heterocycles. The number of hydrogen-bond donors (Lipinski definition) is 1. The van der Waals surface area contributed by atoms with Crippen LogP contribution in [-0.2, 0) is 4.74 Å². The maximum Gasteiger partial charge on any atom is 0.310 e. The van der Waals surface area contributed by atoms with Crippen LogP contribution in [0.25, 0.3) is 0 Å². The number of nitrogens with one attached hydrogen (secondary N) is 1. The summed E-state index contributed by atoms with van der Waals surface area (Å²) in [6, 6.07) is 1.94. The average Bonchev–Trinajstić information content (AvgIpc) is 2.92. The van der Waals surface area contributed by atoms with Crippen molar-refractivity contribution in [3.8, 4) is 0 Å². The zero-order valence-corrected chi connectivity index (χ0v) is 15.1. The van der Waals surface area contributed by atoms with Gasteiger partial charge in [0.15, 0.2) is 5.88 Å². The molecule has 1 atom stereocenters. The highest BCUT2D eigenvalue weighted by Gasteiger charge is 2.30. The van der Waals surface area contributed by atoms with Gasteiger partial charge in [0.1, 0.15) is 17.5 Å². The summed E-state index contributed by atoms with van der Waals surface area (Å²) in [5, 5.41) is 14.8. The predicted molar refractivity (Wildman–Crippen MR) is 96.4 cm³/mol. The molecular formula is C18H26N4O3. The van der Waals surface area contributed by atoms with Gasteiger partial charge in [0.2, 0.25) is 0 Å². The topological polar surface area (TPSA) is 80.5 Å². The Kier molecular flexibility index (Phi) is 4.83. The molecule has 0 spiro atoms. The number of nitro groups is 1. The molecular weight excluding hydrogens is 320 g/mol. The number of rotatable bonds is 5. The number of pyridine rings is 1. The van der Waals surface area contributed by atoms with Gasteiger partial charge in [0.25, 0.3) is 0 Å². The molecule has 2 fully saturated rings. The Labute approximate surface area is 148 Å². The van der Waals surface area contributed by atoms with E-state index in [2.05, 4.69) is 36.0 Å². The van der Waals surface area contributed by atoms with Gasteiger partial charge in [0, 0.05) is 25.3 Å². The van der Waals surface area contributed by atoms with Gasteiger partial charge in [-0.05, 0) is 58.1 Å². The van der Waals surface area contributed by atoms with Gasteiger partial charge in [0.05, 0.1) is 4.92 Å². The zero-order chi connectivity index (χ0) is 18.0. The molecule has 3 rings (SSSR count). The summed E-state index contributed by atoms with van der Waals surface area (Å²) >= 11 is 0. The Bertz CT molecular complexity index is 675. The highest BCUT2D eigenvalue weighted by molar-refractivity contribution is 5.62. The maximum atomic E-state index is 11.2. The quantitative estimate of drug-likeness (QED) is 0.500. The SMILES string of the molecule is CC(C)(C)OC(NC1CCN(c2ccncc2[N+](=O)[O-])C1)=C1CCC1. The van der Waals surface area contributed by atoms with E-state index < -0.39 is 0 Å². The summed E-state index contributed by atoms with van der Waals surface area (Å²) in [5.74, 6) is 0.912. The molecule has 7 nitrogen and oxygen atoms in total. The van der Waals surface area contributed by atoms with Crippen molar-refractivity contribution < 1.29 is 9.66 Å². The first-order valence-corrected chi connectivity index (χ1v) is 8.84. The minimum atomic E-state index is -0.367. The van der Waals surface area contributed by atoms with Gasteiger partial charge in [-0.15, -0.1) is 0 Å². The first-order valence-electron chi connectivity index (χ1n) is 8.84. The van der Waals surface area contributed by atoms with Crippen molar-refractivity contribution in [2.45, 2.75) is 58.1 Å². The van der Waals surface area contributed by atoms with Crippen molar-refractivity contribution >= 4 is 11.4 Å². The molecule has 1 aliphatic heterocycles. The van der Waals surface area contributed by atoms with Gasteiger partial charge >= 0.3 is 5.69 Å². The first kappa shape index (κ1) is 17.5. The van der Waals surface area contributed by atoms with Gasteiger partial charge in [-0.3, -0.25) is 15.1 Å². The largest absolute Gasteiger partial charge is 0.474 e. The summed E-state index contributed by atoms with van der Waals surface area (Å²) in [6.07, 6.45) is 7.24. The lowest BCUT2D eigenvalue weighted by molar-refractivity contribution is -0.384. The molecule has 0 radical (unpaired) electrons. The van der Waals surface area contributed by atoms with Crippen LogP contribution in [0.3, 0.4) is 0 Å². The second-order valence-corrected chi connectivity index (χ2v) is 7.70. The van der Waals surface area contributed by atoms with Crippen LogP contribution >= 0.6 is 0 Å². The molecule has 1 N–H and O–H groups in total. The van der Waals surface area contributed by atoms with Gasteiger partial charge in [-0.1, -0.05) is 0 Å². The molecule has 1 saturated heterocycles. The highest BCUT2D eigenvalue weighted by Crippen LogP contribution is 2.32. The van der Waals surface area contributed by atoms with E-state index in [4.69, 9.17) is 4.74 Å². The molecule has 1 unspecified atom stereocenters. The van der Waals surface area contributed by atoms with Crippen molar-refractivity contribution in [3.05, 3.63) is 40.0 Å². The fourth-order valence-corrected chi connectivity index (χ4v) is 3.16. The fraction of sp³-hybridized carbons (Fsp3) is 0.611. The molecule has 1 saturated carbocycles. The van der Waals surface area contributed by atoms with Crippen LogP contribution in [0.15, 0.2) is 29.9 Å². The minimum Gasteiger partial charge on any atom is -0.474 e. The number of anilines is 1. The Balaban J connectivity index is 1.70. The second-order valence-electron chi connectivity index (χ2n) is 7.70. The van der Waals surface area contributed by atoms with E-state index in [0.29, 0.717) is 5.69 Å². The molecule has 136 valence electrons. The molecule has 25 heavy (non-hydrogen) atoms. The number of aromatic nitrogens is 1. The summed E-state index contributed by atoms with van der Waals surface area (Å²) in [5.41, 5.74) is 1.81. The first-order chi connectivity index (χ1) is 11.8. The van der Waals surface area contributed by atoms with Gasteiger partial charge < -0.3 is 15.0 Å². The Hall–Kier alpha value is -2.31.